The fourth-order valence-electron chi connectivity index (χ4n) is 3.71. The first kappa shape index (κ1) is 21.4. The van der Waals surface area contributed by atoms with Crippen molar-refractivity contribution in [3.63, 3.8) is 0 Å². The van der Waals surface area contributed by atoms with Gasteiger partial charge < -0.3 is 20.5 Å². The Morgan fingerprint density at radius 1 is 1.35 bits per heavy atom. The number of carbonyl (C=O) groups excluding carboxylic acids is 1. The van der Waals surface area contributed by atoms with E-state index in [0.717, 1.165) is 12.4 Å². The number of alkyl halides is 2. The van der Waals surface area contributed by atoms with Crippen LogP contribution in [0, 0.1) is 11.7 Å². The summed E-state index contributed by atoms with van der Waals surface area (Å²) in [7, 11) is 0. The largest absolute Gasteiger partial charge is 0.445 e. The normalized spacial score (nSPS) is 24.9. The maximum atomic E-state index is 14.9. The molecule has 1 fully saturated rings. The van der Waals surface area contributed by atoms with Gasteiger partial charge in [-0.1, -0.05) is 11.8 Å². The number of nitrogens with zero attached hydrogens (tertiary/aromatic N) is 3. The highest BCUT2D eigenvalue weighted by molar-refractivity contribution is 8.13. The van der Waals surface area contributed by atoms with E-state index in [4.69, 9.17) is 10.5 Å². The number of hydrogen-bond donors (Lipinski definition) is 2. The van der Waals surface area contributed by atoms with Gasteiger partial charge in [0, 0.05) is 22.9 Å². The maximum absolute atomic E-state index is 14.9. The summed E-state index contributed by atoms with van der Waals surface area (Å²) in [6.45, 7) is -1.82. The lowest BCUT2D eigenvalue weighted by atomic mass is 9.79. The average Bonchev–Trinajstić information content (AvgIpc) is 3.14. The van der Waals surface area contributed by atoms with E-state index in [-0.39, 0.29) is 34.6 Å². The second kappa shape index (κ2) is 8.71. The van der Waals surface area contributed by atoms with Gasteiger partial charge in [-0.05, 0) is 18.2 Å². The Kier molecular flexibility index (Phi) is 6.01. The minimum absolute atomic E-state index is 0.0245. The molecule has 3 N–H and O–H groups in total. The van der Waals surface area contributed by atoms with Gasteiger partial charge in [-0.2, -0.15) is 0 Å². The zero-order valence-corrected chi connectivity index (χ0v) is 16.9. The molecule has 0 saturated carbocycles. The fraction of sp³-hybridized carbons (Fsp3) is 0.368. The van der Waals surface area contributed by atoms with Gasteiger partial charge in [0.15, 0.2) is 5.17 Å². The summed E-state index contributed by atoms with van der Waals surface area (Å²) in [5.41, 5.74) is 5.11. The molecule has 3 atom stereocenters. The van der Waals surface area contributed by atoms with Gasteiger partial charge in [0.05, 0.1) is 25.1 Å². The van der Waals surface area contributed by atoms with Crippen LogP contribution in [0.1, 0.15) is 16.1 Å². The molecule has 12 heteroatoms. The number of carbonyl (C=O) groups is 1. The molecule has 2 aliphatic heterocycles. The van der Waals surface area contributed by atoms with Gasteiger partial charge in [0.25, 0.3) is 5.91 Å². The monoisotopic (exact) mass is 453 g/mol. The van der Waals surface area contributed by atoms with Crippen LogP contribution in [0.25, 0.3) is 0 Å². The lowest BCUT2D eigenvalue weighted by Crippen LogP contribution is -2.42. The van der Waals surface area contributed by atoms with Gasteiger partial charge in [0.1, 0.15) is 23.7 Å². The van der Waals surface area contributed by atoms with Crippen molar-refractivity contribution in [3.05, 3.63) is 47.7 Å². The van der Waals surface area contributed by atoms with Crippen molar-refractivity contribution in [2.75, 3.05) is 31.2 Å². The molecule has 0 spiro atoms. The molecule has 2 aromatic rings. The fourth-order valence-corrected chi connectivity index (χ4v) is 4.78. The number of thioether (sulfide) groups is 1. The Labute approximate surface area is 179 Å². The van der Waals surface area contributed by atoms with Gasteiger partial charge in [-0.3, -0.25) is 4.79 Å². The summed E-state index contributed by atoms with van der Waals surface area (Å²) in [4.78, 5) is 24.6. The minimum Gasteiger partial charge on any atom is -0.445 e. The standard InChI is InChI=1S/C19H18F3N5O3S/c20-4-15-12-7-31-18(23)27-19(12,8-29-15)11-3-10(1-2-13(11)22)26-17(28)14-5-25-16(6-24-14)30-9-21/h1-3,5-6,12,15H,4,7-9H2,(H2,23,27)(H,26,28)/t12-,15-,19-/m1/s1. The maximum Gasteiger partial charge on any atom is 0.275 e. The third kappa shape index (κ3) is 4.04. The van der Waals surface area contributed by atoms with Gasteiger partial charge in [0.2, 0.25) is 12.7 Å². The van der Waals surface area contributed by atoms with E-state index < -0.39 is 42.8 Å². The molecular weight excluding hydrogens is 435 g/mol. The van der Waals surface area contributed by atoms with Crippen molar-refractivity contribution in [2.24, 2.45) is 16.6 Å². The molecule has 31 heavy (non-hydrogen) atoms. The number of fused-ring (bicyclic) bond motifs is 1. The summed E-state index contributed by atoms with van der Waals surface area (Å²) < 4.78 is 50.6. The number of halogens is 3. The first-order valence-electron chi connectivity index (χ1n) is 9.24. The Bertz CT molecular complexity index is 1010. The van der Waals surface area contributed by atoms with E-state index in [1.807, 2.05) is 0 Å². The SMILES string of the molecule is NC1=N[C@@]2(c3cc(NC(=O)c4cnc(OCF)cn4)ccc3F)CO[C@H](CF)[C@H]2CS1. The lowest BCUT2D eigenvalue weighted by Gasteiger charge is -2.35. The number of benzene rings is 1. The molecule has 8 nitrogen and oxygen atoms in total. The zero-order valence-electron chi connectivity index (χ0n) is 16.1. The summed E-state index contributed by atoms with van der Waals surface area (Å²) in [5.74, 6) is -1.23. The molecule has 1 aromatic heterocycles. The van der Waals surface area contributed by atoms with Crippen LogP contribution in [0.2, 0.25) is 0 Å². The number of hydrogen-bond acceptors (Lipinski definition) is 8. The van der Waals surface area contributed by atoms with E-state index >= 15 is 0 Å². The second-order valence-electron chi connectivity index (χ2n) is 6.94. The zero-order chi connectivity index (χ0) is 22.0. The summed E-state index contributed by atoms with van der Waals surface area (Å²) in [6.07, 6.45) is 1.51. The van der Waals surface area contributed by atoms with Crippen LogP contribution in [0.5, 0.6) is 5.88 Å². The number of aromatic nitrogens is 2. The first-order chi connectivity index (χ1) is 15.0. The molecule has 1 aromatic carbocycles. The highest BCUT2D eigenvalue weighted by Gasteiger charge is 2.54. The van der Waals surface area contributed by atoms with E-state index in [1.165, 1.54) is 30.0 Å². The van der Waals surface area contributed by atoms with Crippen LogP contribution in [-0.2, 0) is 10.3 Å². The number of anilines is 1. The lowest BCUT2D eigenvalue weighted by molar-refractivity contribution is 0.0721. The van der Waals surface area contributed by atoms with Crippen LogP contribution in [0.15, 0.2) is 35.6 Å². The highest BCUT2D eigenvalue weighted by atomic mass is 32.2. The van der Waals surface area contributed by atoms with Gasteiger partial charge in [-0.15, -0.1) is 0 Å². The number of amides is 1. The molecular formula is C19H18F3N5O3S. The van der Waals surface area contributed by atoms with Crippen molar-refractivity contribution < 1.29 is 27.4 Å². The van der Waals surface area contributed by atoms with E-state index in [2.05, 4.69) is 25.0 Å². The molecule has 164 valence electrons. The van der Waals surface area contributed by atoms with E-state index in [1.54, 1.807) is 0 Å². The van der Waals surface area contributed by atoms with E-state index in [0.29, 0.717) is 5.75 Å². The van der Waals surface area contributed by atoms with Gasteiger partial charge in [-0.25, -0.2) is 28.1 Å². The first-order valence-corrected chi connectivity index (χ1v) is 10.2. The topological polar surface area (TPSA) is 112 Å². The van der Waals surface area contributed by atoms with Gasteiger partial charge >= 0.3 is 0 Å². The molecule has 0 radical (unpaired) electrons. The Morgan fingerprint density at radius 2 is 2.19 bits per heavy atom. The molecule has 0 bridgehead atoms. The number of aliphatic imine (C=N–C) groups is 1. The van der Waals surface area contributed by atoms with Crippen LogP contribution < -0.4 is 15.8 Å². The molecule has 1 saturated heterocycles. The smallest absolute Gasteiger partial charge is 0.275 e. The van der Waals surface area contributed by atoms with Crippen molar-refractivity contribution in [1.29, 1.82) is 0 Å². The molecule has 0 unspecified atom stereocenters. The van der Waals surface area contributed by atoms with E-state index in [9.17, 15) is 18.0 Å². The molecule has 4 rings (SSSR count). The minimum atomic E-state index is -1.18. The molecule has 2 aliphatic rings. The molecule has 3 heterocycles. The van der Waals surface area contributed by atoms with Crippen molar-refractivity contribution >= 4 is 28.5 Å². The molecule has 0 aliphatic carbocycles. The van der Waals surface area contributed by atoms with Crippen LogP contribution >= 0.6 is 11.8 Å². The number of nitrogens with two attached hydrogens (primary N) is 1. The Morgan fingerprint density at radius 3 is 2.90 bits per heavy atom. The summed E-state index contributed by atoms with van der Waals surface area (Å²) in [5, 5.41) is 2.87. The predicted molar refractivity (Wildman–Crippen MR) is 108 cm³/mol. The summed E-state index contributed by atoms with van der Waals surface area (Å²) in [6, 6.07) is 4.01. The number of rotatable bonds is 6. The number of amidine groups is 1. The van der Waals surface area contributed by atoms with Crippen LogP contribution in [-0.4, -0.2) is 53.0 Å². The third-order valence-corrected chi connectivity index (χ3v) is 6.12. The second-order valence-corrected chi connectivity index (χ2v) is 7.98. The Hall–Kier alpha value is -2.86. The Balaban J connectivity index is 1.63. The average molecular weight is 453 g/mol. The highest BCUT2D eigenvalue weighted by Crippen LogP contribution is 2.48. The molecule has 1 amide bonds. The quantitative estimate of drug-likeness (QED) is 0.691. The third-order valence-electron chi connectivity index (χ3n) is 5.21. The summed E-state index contributed by atoms with van der Waals surface area (Å²) >= 11 is 1.27. The predicted octanol–water partition coefficient (Wildman–Crippen LogP) is 2.42. The van der Waals surface area contributed by atoms with Crippen LogP contribution in [0.4, 0.5) is 18.9 Å². The van der Waals surface area contributed by atoms with Crippen LogP contribution in [0.3, 0.4) is 0 Å². The van der Waals surface area contributed by atoms with Crippen molar-refractivity contribution in [2.45, 2.75) is 11.6 Å². The van der Waals surface area contributed by atoms with Crippen molar-refractivity contribution in [1.82, 2.24) is 9.97 Å². The number of nitrogens with one attached hydrogen (secondary N) is 1. The van der Waals surface area contributed by atoms with Crippen molar-refractivity contribution in [3.8, 4) is 5.88 Å². The number of ether oxygens (including phenoxy) is 2.